The molecule has 0 spiro atoms. The first-order valence-electron chi connectivity index (χ1n) is 9.10. The van der Waals surface area contributed by atoms with E-state index in [4.69, 9.17) is 17.3 Å². The van der Waals surface area contributed by atoms with Crippen molar-refractivity contribution in [1.82, 2.24) is 14.5 Å². The third-order valence-corrected chi connectivity index (χ3v) is 5.03. The van der Waals surface area contributed by atoms with E-state index in [1.54, 1.807) is 0 Å². The molecule has 0 saturated heterocycles. The van der Waals surface area contributed by atoms with Gasteiger partial charge in [-0.2, -0.15) is 26.3 Å². The number of rotatable bonds is 2. The van der Waals surface area contributed by atoms with Gasteiger partial charge >= 0.3 is 12.4 Å². The number of halogens is 7. The van der Waals surface area contributed by atoms with Crippen LogP contribution >= 0.6 is 11.6 Å². The van der Waals surface area contributed by atoms with E-state index >= 15 is 0 Å². The van der Waals surface area contributed by atoms with Crippen molar-refractivity contribution in [1.29, 1.82) is 0 Å². The van der Waals surface area contributed by atoms with Crippen molar-refractivity contribution in [2.24, 2.45) is 0 Å². The lowest BCUT2D eigenvalue weighted by atomic mass is 10.0. The van der Waals surface area contributed by atoms with Crippen LogP contribution in [0.5, 0.6) is 0 Å². The van der Waals surface area contributed by atoms with Crippen LogP contribution in [0, 0.1) is 0 Å². The van der Waals surface area contributed by atoms with Crippen molar-refractivity contribution in [2.75, 3.05) is 5.73 Å². The lowest BCUT2D eigenvalue weighted by Gasteiger charge is -2.17. The third-order valence-electron chi connectivity index (χ3n) is 4.78. The molecule has 0 unspecified atom stereocenters. The van der Waals surface area contributed by atoms with Gasteiger partial charge in [0.05, 0.1) is 16.9 Å². The van der Waals surface area contributed by atoms with E-state index in [0.29, 0.717) is 17.2 Å². The average molecular weight is 485 g/mol. The number of nitrogens with two attached hydrogens (primary N) is 1. The van der Waals surface area contributed by atoms with Gasteiger partial charge in [0, 0.05) is 16.6 Å². The van der Waals surface area contributed by atoms with Crippen LogP contribution in [-0.2, 0) is 12.4 Å². The number of aromatic nitrogens is 3. The second-order valence-electron chi connectivity index (χ2n) is 6.90. The van der Waals surface area contributed by atoms with Crippen molar-refractivity contribution in [2.45, 2.75) is 12.4 Å². The number of benzene rings is 1. The van der Waals surface area contributed by atoms with Gasteiger partial charge in [0.2, 0.25) is 0 Å². The molecule has 1 aromatic carbocycles. The van der Waals surface area contributed by atoms with Crippen molar-refractivity contribution >= 4 is 28.3 Å². The molecule has 0 radical (unpaired) electrons. The Hall–Kier alpha value is -3.60. The average Bonchev–Trinajstić information content (AvgIpc) is 2.74. The first kappa shape index (κ1) is 22.6. The molecule has 0 amide bonds. The summed E-state index contributed by atoms with van der Waals surface area (Å²) in [5, 5.41) is 0.234. The maximum atomic E-state index is 13.4. The molecule has 5 nitrogen and oxygen atoms in total. The zero-order chi connectivity index (χ0) is 24.1. The fourth-order valence-corrected chi connectivity index (χ4v) is 3.42. The summed E-state index contributed by atoms with van der Waals surface area (Å²) in [6.45, 7) is 0. The van der Waals surface area contributed by atoms with Crippen molar-refractivity contribution < 1.29 is 26.3 Å². The lowest BCUT2D eigenvalue weighted by Crippen LogP contribution is -2.24. The molecule has 4 aromatic rings. The molecule has 0 bridgehead atoms. The Morgan fingerprint density at radius 1 is 0.879 bits per heavy atom. The topological polar surface area (TPSA) is 73.8 Å². The molecular weight excluding hydrogens is 474 g/mol. The highest BCUT2D eigenvalue weighted by molar-refractivity contribution is 6.30. The van der Waals surface area contributed by atoms with Gasteiger partial charge in [0.15, 0.2) is 0 Å². The molecule has 170 valence electrons. The standard InChI is InChI=1S/C21H11ClF6N4O/c22-11-1-3-12(4-2-11)32-18-13(5-6-14(31-18)20(23,24)25)17(29)16(19(32)33)10-7-8-30-15(9-10)21(26,27)28/h1-9H,29H2. The normalized spacial score (nSPS) is 12.3. The third kappa shape index (κ3) is 4.11. The molecule has 3 aromatic heterocycles. The Bertz CT molecular complexity index is 1430. The van der Waals surface area contributed by atoms with Gasteiger partial charge in [-0.3, -0.25) is 14.3 Å². The summed E-state index contributed by atoms with van der Waals surface area (Å²) in [6, 6.07) is 8.99. The number of pyridine rings is 3. The number of hydrogen-bond donors (Lipinski definition) is 1. The zero-order valence-corrected chi connectivity index (χ0v) is 16.9. The molecular formula is C21H11ClF6N4O. The fraction of sp³-hybridized carbons (Fsp3) is 0.0952. The molecule has 0 aliphatic rings. The van der Waals surface area contributed by atoms with Crippen LogP contribution in [0.3, 0.4) is 0 Å². The molecule has 33 heavy (non-hydrogen) atoms. The highest BCUT2D eigenvalue weighted by atomic mass is 35.5. The molecule has 3 heterocycles. The summed E-state index contributed by atoms with van der Waals surface area (Å²) in [6.07, 6.45) is -8.74. The molecule has 2 N–H and O–H groups in total. The number of nitrogen functional groups attached to an aromatic ring is 1. The van der Waals surface area contributed by atoms with Crippen LogP contribution < -0.4 is 11.3 Å². The summed E-state index contributed by atoms with van der Waals surface area (Å²) in [5.41, 5.74) is 1.40. The van der Waals surface area contributed by atoms with Gasteiger partial charge in [-0.25, -0.2) is 4.98 Å². The minimum Gasteiger partial charge on any atom is -0.397 e. The molecule has 4 rings (SSSR count). The Labute approximate surface area is 186 Å². The monoisotopic (exact) mass is 484 g/mol. The predicted octanol–water partition coefficient (Wildman–Crippen LogP) is 5.72. The second-order valence-corrected chi connectivity index (χ2v) is 7.34. The van der Waals surface area contributed by atoms with Crippen molar-refractivity contribution in [3.8, 4) is 16.8 Å². The number of nitrogens with zero attached hydrogens (tertiary/aromatic N) is 3. The summed E-state index contributed by atoms with van der Waals surface area (Å²) in [5.74, 6) is 0. The molecule has 0 atom stereocenters. The number of alkyl halides is 6. The molecule has 0 saturated carbocycles. The van der Waals surface area contributed by atoms with Gasteiger partial charge < -0.3 is 5.73 Å². The van der Waals surface area contributed by atoms with Gasteiger partial charge in [0.25, 0.3) is 5.56 Å². The van der Waals surface area contributed by atoms with E-state index in [9.17, 15) is 31.1 Å². The van der Waals surface area contributed by atoms with Crippen LogP contribution in [0.1, 0.15) is 11.4 Å². The Morgan fingerprint density at radius 2 is 1.52 bits per heavy atom. The highest BCUT2D eigenvalue weighted by Crippen LogP contribution is 2.35. The van der Waals surface area contributed by atoms with E-state index in [1.165, 1.54) is 24.3 Å². The first-order chi connectivity index (χ1) is 15.4. The smallest absolute Gasteiger partial charge is 0.397 e. The molecule has 0 aliphatic heterocycles. The van der Waals surface area contributed by atoms with E-state index in [-0.39, 0.29) is 27.9 Å². The summed E-state index contributed by atoms with van der Waals surface area (Å²) >= 11 is 5.87. The fourth-order valence-electron chi connectivity index (χ4n) is 3.29. The Balaban J connectivity index is 2.12. The minimum absolute atomic E-state index is 0.0575. The van der Waals surface area contributed by atoms with Crippen molar-refractivity contribution in [3.63, 3.8) is 0 Å². The quantitative estimate of drug-likeness (QED) is 0.369. The molecule has 0 aliphatic carbocycles. The van der Waals surface area contributed by atoms with E-state index in [1.807, 2.05) is 0 Å². The van der Waals surface area contributed by atoms with E-state index in [0.717, 1.165) is 22.9 Å². The van der Waals surface area contributed by atoms with Gasteiger partial charge in [0.1, 0.15) is 17.0 Å². The summed E-state index contributed by atoms with van der Waals surface area (Å²) in [4.78, 5) is 20.3. The SMILES string of the molecule is Nc1c(-c2ccnc(C(F)(F)F)c2)c(=O)n(-c2ccc(Cl)cc2)c2nc(C(F)(F)F)ccc12. The Kier molecular flexibility index (Phi) is 5.32. The minimum atomic E-state index is -4.81. The molecule has 0 fully saturated rings. The van der Waals surface area contributed by atoms with Crippen molar-refractivity contribution in [3.05, 3.63) is 81.5 Å². The largest absolute Gasteiger partial charge is 0.433 e. The van der Waals surface area contributed by atoms with Crippen LogP contribution in [0.25, 0.3) is 27.8 Å². The Morgan fingerprint density at radius 3 is 2.12 bits per heavy atom. The summed E-state index contributed by atoms with van der Waals surface area (Å²) in [7, 11) is 0. The van der Waals surface area contributed by atoms with Gasteiger partial charge in [-0.1, -0.05) is 11.6 Å². The van der Waals surface area contributed by atoms with E-state index in [2.05, 4.69) is 9.97 Å². The highest BCUT2D eigenvalue weighted by Gasteiger charge is 2.34. The number of hydrogen-bond acceptors (Lipinski definition) is 4. The first-order valence-corrected chi connectivity index (χ1v) is 9.47. The predicted molar refractivity (Wildman–Crippen MR) is 110 cm³/mol. The van der Waals surface area contributed by atoms with E-state index < -0.39 is 34.9 Å². The summed E-state index contributed by atoms with van der Waals surface area (Å²) < 4.78 is 80.2. The van der Waals surface area contributed by atoms with Crippen LogP contribution in [0.2, 0.25) is 5.02 Å². The van der Waals surface area contributed by atoms with Crippen LogP contribution in [0.4, 0.5) is 32.0 Å². The van der Waals surface area contributed by atoms with Gasteiger partial charge in [-0.05, 0) is 54.1 Å². The zero-order valence-electron chi connectivity index (χ0n) is 16.2. The number of fused-ring (bicyclic) bond motifs is 1. The maximum absolute atomic E-state index is 13.4. The van der Waals surface area contributed by atoms with Crippen LogP contribution in [0.15, 0.2) is 59.5 Å². The second kappa shape index (κ2) is 7.77. The maximum Gasteiger partial charge on any atom is 0.433 e. The molecule has 12 heteroatoms. The van der Waals surface area contributed by atoms with Crippen LogP contribution in [-0.4, -0.2) is 14.5 Å². The lowest BCUT2D eigenvalue weighted by molar-refractivity contribution is -0.141. The van der Waals surface area contributed by atoms with Gasteiger partial charge in [-0.15, -0.1) is 0 Å². The number of anilines is 1.